The average molecular weight is 193 g/mol. The van der Waals surface area contributed by atoms with Gasteiger partial charge in [0.1, 0.15) is 6.61 Å². The van der Waals surface area contributed by atoms with E-state index in [2.05, 4.69) is 10.3 Å². The quantitative estimate of drug-likeness (QED) is 0.650. The van der Waals surface area contributed by atoms with E-state index in [0.717, 1.165) is 0 Å². The van der Waals surface area contributed by atoms with Crippen molar-refractivity contribution in [2.75, 3.05) is 18.9 Å². The molecule has 2 rings (SSSR count). The third-order valence-electron chi connectivity index (χ3n) is 2.05. The van der Waals surface area contributed by atoms with Gasteiger partial charge < -0.3 is 15.8 Å². The van der Waals surface area contributed by atoms with Gasteiger partial charge in [0.25, 0.3) is 0 Å². The topological polar surface area (TPSA) is 77.2 Å². The number of nitrogens with zero attached hydrogens (tertiary/aromatic N) is 1. The first-order valence-electron chi connectivity index (χ1n) is 4.35. The normalized spacial score (nSPS) is 21.7. The van der Waals surface area contributed by atoms with Gasteiger partial charge in [-0.2, -0.15) is 0 Å². The molecular weight excluding hydrogens is 182 g/mol. The summed E-state index contributed by atoms with van der Waals surface area (Å²) in [7, 11) is 0. The second-order valence-electron chi connectivity index (χ2n) is 3.11. The first-order chi connectivity index (χ1) is 6.77. The van der Waals surface area contributed by atoms with Crippen molar-refractivity contribution >= 4 is 11.6 Å². The van der Waals surface area contributed by atoms with Crippen molar-refractivity contribution in [3.8, 4) is 0 Å². The van der Waals surface area contributed by atoms with Crippen molar-refractivity contribution < 1.29 is 9.53 Å². The molecule has 1 atom stereocenters. The van der Waals surface area contributed by atoms with Crippen molar-refractivity contribution in [2.24, 2.45) is 0 Å². The Balaban J connectivity index is 2.22. The second kappa shape index (κ2) is 3.63. The molecule has 0 aliphatic carbocycles. The van der Waals surface area contributed by atoms with Gasteiger partial charge in [-0.05, 0) is 12.1 Å². The Morgan fingerprint density at radius 2 is 2.50 bits per heavy atom. The smallest absolute Gasteiger partial charge is 0.246 e. The number of rotatable bonds is 1. The molecule has 1 fully saturated rings. The van der Waals surface area contributed by atoms with Crippen molar-refractivity contribution in [1.82, 2.24) is 10.3 Å². The first-order valence-corrected chi connectivity index (χ1v) is 4.35. The fraction of sp³-hybridized carbons (Fsp3) is 0.333. The summed E-state index contributed by atoms with van der Waals surface area (Å²) < 4.78 is 5.10. The molecule has 74 valence electrons. The maximum atomic E-state index is 11.1. The molecule has 1 aromatic heterocycles. The van der Waals surface area contributed by atoms with Gasteiger partial charge in [0.05, 0.1) is 24.0 Å². The number of nitrogens with one attached hydrogen (secondary N) is 1. The Morgan fingerprint density at radius 3 is 3.21 bits per heavy atom. The molecule has 3 N–H and O–H groups in total. The van der Waals surface area contributed by atoms with Crippen LogP contribution in [0.5, 0.6) is 0 Å². The van der Waals surface area contributed by atoms with E-state index in [9.17, 15) is 4.79 Å². The number of carbonyl (C=O) groups is 1. The number of nitrogens with two attached hydrogens (primary N) is 1. The Morgan fingerprint density at radius 1 is 1.64 bits per heavy atom. The summed E-state index contributed by atoms with van der Waals surface area (Å²) in [6, 6.07) is 3.28. The van der Waals surface area contributed by atoms with Gasteiger partial charge >= 0.3 is 0 Å². The fourth-order valence-corrected chi connectivity index (χ4v) is 1.42. The Bertz CT molecular complexity index is 354. The third kappa shape index (κ3) is 1.67. The molecular formula is C9H11N3O2. The molecule has 1 aliphatic heterocycles. The van der Waals surface area contributed by atoms with Gasteiger partial charge in [-0.3, -0.25) is 9.78 Å². The molecule has 5 nitrogen and oxygen atoms in total. The highest BCUT2D eigenvalue weighted by Gasteiger charge is 2.22. The van der Waals surface area contributed by atoms with Gasteiger partial charge in [-0.25, -0.2) is 0 Å². The predicted octanol–water partition coefficient (Wildman–Crippen LogP) is -0.149. The predicted molar refractivity (Wildman–Crippen MR) is 50.4 cm³/mol. The van der Waals surface area contributed by atoms with Crippen LogP contribution in [0.2, 0.25) is 0 Å². The summed E-state index contributed by atoms with van der Waals surface area (Å²) in [5, 5.41) is 2.77. The highest BCUT2D eigenvalue weighted by Crippen LogP contribution is 2.19. The van der Waals surface area contributed by atoms with E-state index in [0.29, 0.717) is 18.0 Å². The number of morpholine rings is 1. The highest BCUT2D eigenvalue weighted by atomic mass is 16.5. The zero-order valence-corrected chi connectivity index (χ0v) is 7.56. The Hall–Kier alpha value is -1.62. The van der Waals surface area contributed by atoms with E-state index < -0.39 is 0 Å². The molecule has 1 aliphatic rings. The molecule has 0 aromatic carbocycles. The zero-order chi connectivity index (χ0) is 9.97. The zero-order valence-electron chi connectivity index (χ0n) is 7.56. The van der Waals surface area contributed by atoms with Crippen LogP contribution < -0.4 is 11.1 Å². The monoisotopic (exact) mass is 193 g/mol. The highest BCUT2D eigenvalue weighted by molar-refractivity contribution is 5.78. The summed E-state index contributed by atoms with van der Waals surface area (Å²) in [5.74, 6) is -0.133. The van der Waals surface area contributed by atoms with Crippen molar-refractivity contribution in [3.63, 3.8) is 0 Å². The summed E-state index contributed by atoms with van der Waals surface area (Å²) in [6.07, 6.45) is 1.65. The molecule has 0 saturated carbocycles. The van der Waals surface area contributed by atoms with Crippen LogP contribution >= 0.6 is 0 Å². The molecule has 2 heterocycles. The molecule has 1 saturated heterocycles. The third-order valence-corrected chi connectivity index (χ3v) is 2.05. The average Bonchev–Trinajstić information content (AvgIpc) is 2.18. The Kier molecular flexibility index (Phi) is 2.32. The second-order valence-corrected chi connectivity index (χ2v) is 3.11. The van der Waals surface area contributed by atoms with Crippen LogP contribution in [-0.2, 0) is 9.53 Å². The van der Waals surface area contributed by atoms with Crippen LogP contribution in [0.1, 0.15) is 11.7 Å². The number of hydrogen-bond acceptors (Lipinski definition) is 4. The van der Waals surface area contributed by atoms with Crippen LogP contribution in [0.3, 0.4) is 0 Å². The summed E-state index contributed by atoms with van der Waals surface area (Å²) in [4.78, 5) is 15.2. The van der Waals surface area contributed by atoms with Gasteiger partial charge in [-0.1, -0.05) is 0 Å². The van der Waals surface area contributed by atoms with Crippen LogP contribution in [0, 0.1) is 0 Å². The molecule has 1 unspecified atom stereocenters. The lowest BCUT2D eigenvalue weighted by molar-refractivity contribution is -0.131. The van der Waals surface area contributed by atoms with E-state index in [1.54, 1.807) is 18.3 Å². The molecule has 14 heavy (non-hydrogen) atoms. The van der Waals surface area contributed by atoms with Crippen molar-refractivity contribution in [2.45, 2.75) is 6.04 Å². The molecule has 0 bridgehead atoms. The van der Waals surface area contributed by atoms with Crippen LogP contribution in [0.15, 0.2) is 18.3 Å². The number of nitrogen functional groups attached to an aromatic ring is 1. The largest absolute Gasteiger partial charge is 0.397 e. The SMILES string of the molecule is Nc1cccnc1C1COCC(=O)N1. The fourth-order valence-electron chi connectivity index (χ4n) is 1.42. The molecule has 1 amide bonds. The van der Waals surface area contributed by atoms with E-state index in [1.165, 1.54) is 0 Å². The van der Waals surface area contributed by atoms with Gasteiger partial charge in [-0.15, -0.1) is 0 Å². The van der Waals surface area contributed by atoms with E-state index in [4.69, 9.17) is 10.5 Å². The number of ether oxygens (including phenoxy) is 1. The summed E-state index contributed by atoms with van der Waals surface area (Å²) in [5.41, 5.74) is 6.97. The van der Waals surface area contributed by atoms with Crippen LogP contribution in [0.25, 0.3) is 0 Å². The number of pyridine rings is 1. The number of amides is 1. The minimum absolute atomic E-state index is 0.114. The minimum atomic E-state index is -0.225. The van der Waals surface area contributed by atoms with Gasteiger partial charge in [0.15, 0.2) is 0 Å². The molecule has 0 radical (unpaired) electrons. The number of anilines is 1. The van der Waals surface area contributed by atoms with Crippen LogP contribution in [-0.4, -0.2) is 24.1 Å². The lowest BCUT2D eigenvalue weighted by Crippen LogP contribution is -2.40. The Labute approximate surface area is 81.3 Å². The van der Waals surface area contributed by atoms with E-state index in [-0.39, 0.29) is 18.6 Å². The van der Waals surface area contributed by atoms with Gasteiger partial charge in [0, 0.05) is 6.20 Å². The molecule has 1 aromatic rings. The molecule has 5 heteroatoms. The minimum Gasteiger partial charge on any atom is -0.397 e. The van der Waals surface area contributed by atoms with Crippen LogP contribution in [0.4, 0.5) is 5.69 Å². The number of aromatic nitrogens is 1. The lowest BCUT2D eigenvalue weighted by Gasteiger charge is -2.23. The standard InChI is InChI=1S/C9H11N3O2/c10-6-2-1-3-11-9(6)7-4-14-5-8(13)12-7/h1-3,7H,4-5,10H2,(H,12,13). The maximum Gasteiger partial charge on any atom is 0.246 e. The number of carbonyl (C=O) groups excluding carboxylic acids is 1. The van der Waals surface area contributed by atoms with Crippen molar-refractivity contribution in [1.29, 1.82) is 0 Å². The first kappa shape index (κ1) is 8.96. The lowest BCUT2D eigenvalue weighted by atomic mass is 10.1. The van der Waals surface area contributed by atoms with E-state index >= 15 is 0 Å². The van der Waals surface area contributed by atoms with Gasteiger partial charge in [0.2, 0.25) is 5.91 Å². The van der Waals surface area contributed by atoms with Crippen molar-refractivity contribution in [3.05, 3.63) is 24.0 Å². The van der Waals surface area contributed by atoms with E-state index in [1.807, 2.05) is 0 Å². The summed E-state index contributed by atoms with van der Waals surface area (Å²) in [6.45, 7) is 0.538. The number of hydrogen-bond donors (Lipinski definition) is 2. The maximum absolute atomic E-state index is 11.1. The molecule has 0 spiro atoms. The summed E-state index contributed by atoms with van der Waals surface area (Å²) >= 11 is 0.